The average molecular weight is 671 g/mol. The standard InChI is InChI=1S/C43H62N2O4/c1-27(2)36-31(46)25-43(21-24-45(10)38(48)28-16-22-44-23-17-28)20-13-30-29(37(36)43)11-12-33-41(30,8)18-14-32-40(6,7)34(15-19-42(32,33)9)49-35(47)26-39(3,4)5/h14,16-17,22-23,27,29-30,33-34H,11-13,15,18-21,24-26H2,1-10H3. The zero-order valence-corrected chi connectivity index (χ0v) is 32.1. The van der Waals surface area contributed by atoms with Crippen molar-refractivity contribution in [2.45, 2.75) is 133 Å². The number of Topliss-reactive ketones (excluding diaryl/α,β-unsaturated/α-hetero) is 1. The maximum Gasteiger partial charge on any atom is 0.306 e. The Morgan fingerprint density at radius 3 is 2.37 bits per heavy atom. The summed E-state index contributed by atoms with van der Waals surface area (Å²) in [5.41, 5.74) is 4.52. The first kappa shape index (κ1) is 36.0. The third-order valence-electron chi connectivity index (χ3n) is 14.1. The van der Waals surface area contributed by atoms with Crippen LogP contribution in [0.5, 0.6) is 0 Å². The highest BCUT2D eigenvalue weighted by molar-refractivity contribution is 6.00. The fourth-order valence-corrected chi connectivity index (χ4v) is 12.0. The number of aromatic nitrogens is 1. The van der Waals surface area contributed by atoms with Crippen LogP contribution in [0.4, 0.5) is 0 Å². The van der Waals surface area contributed by atoms with Gasteiger partial charge in [0, 0.05) is 48.8 Å². The quantitative estimate of drug-likeness (QED) is 0.213. The highest BCUT2D eigenvalue weighted by Gasteiger charge is 2.64. The van der Waals surface area contributed by atoms with Crippen molar-refractivity contribution in [3.8, 4) is 0 Å². The van der Waals surface area contributed by atoms with Crippen molar-refractivity contribution in [1.82, 2.24) is 9.88 Å². The molecular formula is C43H62N2O4. The van der Waals surface area contributed by atoms with Crippen molar-refractivity contribution in [3.05, 3.63) is 52.9 Å². The van der Waals surface area contributed by atoms with Gasteiger partial charge in [-0.05, 0) is 109 Å². The maximum absolute atomic E-state index is 13.9. The van der Waals surface area contributed by atoms with Gasteiger partial charge in [-0.25, -0.2) is 0 Å². The van der Waals surface area contributed by atoms with E-state index in [4.69, 9.17) is 4.74 Å². The molecule has 7 unspecified atom stereocenters. The first-order valence-electron chi connectivity index (χ1n) is 19.2. The van der Waals surface area contributed by atoms with Crippen molar-refractivity contribution in [2.75, 3.05) is 13.6 Å². The third kappa shape index (κ3) is 6.05. The average Bonchev–Trinajstić information content (AvgIpc) is 3.33. The molecular weight excluding hydrogens is 608 g/mol. The SMILES string of the molecule is CC(C)C1=C2C3CCC4C5(C)CCC(OC(=O)CC(C)(C)C)C(C)(C)C5=CCC4(C)C3CCC2(CCN(C)C(=O)c2ccncc2)CC1=O. The number of allylic oxidation sites excluding steroid dienone is 3. The highest BCUT2D eigenvalue weighted by atomic mass is 16.5. The number of rotatable bonds is 7. The van der Waals surface area contributed by atoms with E-state index in [0.717, 1.165) is 56.9 Å². The van der Waals surface area contributed by atoms with Gasteiger partial charge in [0.25, 0.3) is 5.91 Å². The predicted molar refractivity (Wildman–Crippen MR) is 195 cm³/mol. The largest absolute Gasteiger partial charge is 0.461 e. The van der Waals surface area contributed by atoms with Gasteiger partial charge in [0.2, 0.25) is 0 Å². The Bertz CT molecular complexity index is 1550. The smallest absolute Gasteiger partial charge is 0.306 e. The summed E-state index contributed by atoms with van der Waals surface area (Å²) in [5.74, 6) is 2.00. The Morgan fingerprint density at radius 1 is 1.02 bits per heavy atom. The number of hydrogen-bond acceptors (Lipinski definition) is 5. The van der Waals surface area contributed by atoms with E-state index in [2.05, 4.69) is 73.4 Å². The predicted octanol–water partition coefficient (Wildman–Crippen LogP) is 9.40. The minimum absolute atomic E-state index is 0.0131. The van der Waals surface area contributed by atoms with Crippen LogP contribution in [0.3, 0.4) is 0 Å². The number of amides is 1. The van der Waals surface area contributed by atoms with Gasteiger partial charge in [-0.1, -0.05) is 79.5 Å². The van der Waals surface area contributed by atoms with E-state index >= 15 is 0 Å². The summed E-state index contributed by atoms with van der Waals surface area (Å²) in [6.45, 7) is 21.1. The van der Waals surface area contributed by atoms with Gasteiger partial charge >= 0.3 is 5.97 Å². The molecule has 268 valence electrons. The number of carbonyl (C=O) groups excluding carboxylic acids is 3. The number of esters is 1. The molecule has 0 aromatic carbocycles. The first-order valence-corrected chi connectivity index (χ1v) is 19.2. The number of ether oxygens (including phenoxy) is 1. The Morgan fingerprint density at radius 2 is 1.71 bits per heavy atom. The molecule has 1 aromatic rings. The van der Waals surface area contributed by atoms with Gasteiger partial charge in [-0.15, -0.1) is 0 Å². The topological polar surface area (TPSA) is 76.6 Å². The zero-order valence-electron chi connectivity index (χ0n) is 32.1. The van der Waals surface area contributed by atoms with E-state index < -0.39 is 0 Å². The van der Waals surface area contributed by atoms with Crippen molar-refractivity contribution in [2.24, 2.45) is 50.7 Å². The molecule has 5 aliphatic rings. The van der Waals surface area contributed by atoms with Crippen molar-refractivity contribution in [1.29, 1.82) is 0 Å². The van der Waals surface area contributed by atoms with Crippen molar-refractivity contribution < 1.29 is 19.1 Å². The lowest BCUT2D eigenvalue weighted by atomic mass is 9.39. The lowest BCUT2D eigenvalue weighted by Gasteiger charge is -2.66. The van der Waals surface area contributed by atoms with Crippen LogP contribution in [0.1, 0.15) is 137 Å². The summed E-state index contributed by atoms with van der Waals surface area (Å²) in [5, 5.41) is 0. The minimum Gasteiger partial charge on any atom is -0.461 e. The molecule has 3 saturated carbocycles. The number of pyridine rings is 1. The molecule has 0 radical (unpaired) electrons. The molecule has 0 bridgehead atoms. The van der Waals surface area contributed by atoms with Crippen LogP contribution in [0.2, 0.25) is 0 Å². The van der Waals surface area contributed by atoms with Gasteiger partial charge in [0.05, 0.1) is 6.42 Å². The van der Waals surface area contributed by atoms with Crippen LogP contribution >= 0.6 is 0 Å². The molecule has 49 heavy (non-hydrogen) atoms. The number of nitrogens with zero attached hydrogens (tertiary/aromatic N) is 2. The number of fused-ring (bicyclic) bond motifs is 7. The molecule has 0 spiro atoms. The Kier molecular flexibility index (Phi) is 9.18. The molecule has 6 rings (SSSR count). The third-order valence-corrected chi connectivity index (χ3v) is 14.1. The summed E-state index contributed by atoms with van der Waals surface area (Å²) in [6, 6.07) is 3.56. The van der Waals surface area contributed by atoms with E-state index in [9.17, 15) is 14.4 Å². The second kappa shape index (κ2) is 12.5. The van der Waals surface area contributed by atoms with Crippen LogP contribution in [0.15, 0.2) is 47.3 Å². The fraction of sp³-hybridized carbons (Fsp3) is 0.721. The minimum atomic E-state index is -0.203. The summed E-state index contributed by atoms with van der Waals surface area (Å²) in [4.78, 5) is 46.1. The summed E-state index contributed by atoms with van der Waals surface area (Å²) < 4.78 is 6.26. The van der Waals surface area contributed by atoms with Gasteiger partial charge in [-0.2, -0.15) is 0 Å². The monoisotopic (exact) mass is 670 g/mol. The Hall–Kier alpha value is -2.76. The molecule has 1 aromatic heterocycles. The molecule has 1 amide bonds. The van der Waals surface area contributed by atoms with Gasteiger partial charge in [0.1, 0.15) is 6.10 Å². The summed E-state index contributed by atoms with van der Waals surface area (Å²) >= 11 is 0. The summed E-state index contributed by atoms with van der Waals surface area (Å²) in [6.07, 6.45) is 15.1. The van der Waals surface area contributed by atoms with Gasteiger partial charge in [-0.3, -0.25) is 19.4 Å². The molecule has 0 saturated heterocycles. The van der Waals surface area contributed by atoms with Gasteiger partial charge < -0.3 is 9.64 Å². The summed E-state index contributed by atoms with van der Waals surface area (Å²) in [7, 11) is 1.90. The van der Waals surface area contributed by atoms with Crippen LogP contribution < -0.4 is 0 Å². The molecule has 0 N–H and O–H groups in total. The Labute approximate surface area is 295 Å². The van der Waals surface area contributed by atoms with E-state index in [0.29, 0.717) is 48.5 Å². The number of carbonyl (C=O) groups is 3. The molecule has 1 heterocycles. The number of ketones is 1. The maximum atomic E-state index is 13.9. The van der Waals surface area contributed by atoms with Crippen LogP contribution in [-0.2, 0) is 14.3 Å². The van der Waals surface area contributed by atoms with Gasteiger partial charge in [0.15, 0.2) is 5.78 Å². The van der Waals surface area contributed by atoms with E-state index in [1.807, 2.05) is 11.9 Å². The van der Waals surface area contributed by atoms with Crippen molar-refractivity contribution >= 4 is 17.7 Å². The lowest BCUT2D eigenvalue weighted by molar-refractivity contribution is -0.163. The van der Waals surface area contributed by atoms with Crippen LogP contribution in [0, 0.1) is 50.7 Å². The van der Waals surface area contributed by atoms with Crippen LogP contribution in [0.25, 0.3) is 0 Å². The van der Waals surface area contributed by atoms with E-state index in [1.165, 1.54) is 11.1 Å². The normalized spacial score (nSPS) is 35.2. The first-order chi connectivity index (χ1) is 22.8. The van der Waals surface area contributed by atoms with Crippen LogP contribution in [-0.4, -0.2) is 47.2 Å². The number of hydrogen-bond donors (Lipinski definition) is 0. The molecule has 0 aliphatic heterocycles. The fourth-order valence-electron chi connectivity index (χ4n) is 12.0. The van der Waals surface area contributed by atoms with Crippen molar-refractivity contribution in [3.63, 3.8) is 0 Å². The lowest BCUT2D eigenvalue weighted by Crippen LogP contribution is -2.59. The molecule has 5 aliphatic carbocycles. The van der Waals surface area contributed by atoms with E-state index in [-0.39, 0.29) is 51.0 Å². The molecule has 6 nitrogen and oxygen atoms in total. The zero-order chi connectivity index (χ0) is 35.7. The molecule has 6 heteroatoms. The highest BCUT2D eigenvalue weighted by Crippen LogP contribution is 2.72. The molecule has 3 fully saturated rings. The second-order valence-corrected chi connectivity index (χ2v) is 19.2. The van der Waals surface area contributed by atoms with E-state index in [1.54, 1.807) is 24.5 Å². The second-order valence-electron chi connectivity index (χ2n) is 19.2. The Balaban J connectivity index is 1.27. The molecule has 7 atom stereocenters.